The molecule has 17 heteroatoms. The van der Waals surface area contributed by atoms with E-state index in [-0.39, 0.29) is 35.4 Å². The van der Waals surface area contributed by atoms with Crippen molar-refractivity contribution in [2.24, 2.45) is 0 Å². The van der Waals surface area contributed by atoms with Crippen LogP contribution in [0.3, 0.4) is 0 Å². The smallest absolute Gasteiger partial charge is 0.246 e. The van der Waals surface area contributed by atoms with E-state index < -0.39 is 48.3 Å². The maximum atomic E-state index is 14.4. The Hall–Kier alpha value is -7.44. The third-order valence-electron chi connectivity index (χ3n) is 14.9. The van der Waals surface area contributed by atoms with Gasteiger partial charge >= 0.3 is 0 Å². The van der Waals surface area contributed by atoms with Gasteiger partial charge in [-0.05, 0) is 111 Å². The summed E-state index contributed by atoms with van der Waals surface area (Å²) >= 11 is 3.05. The van der Waals surface area contributed by atoms with Crippen molar-refractivity contribution in [2.45, 2.75) is 99.4 Å². The summed E-state index contributed by atoms with van der Waals surface area (Å²) in [5.74, 6) is 1.39. The minimum Gasteiger partial charge on any atom is -0.457 e. The van der Waals surface area contributed by atoms with Crippen LogP contribution in [-0.2, 0) is 40.3 Å². The minimum absolute atomic E-state index is 0.233. The second-order valence-corrected chi connectivity index (χ2v) is 22.5. The Bertz CT molecular complexity index is 2720. The summed E-state index contributed by atoms with van der Waals surface area (Å²) in [6, 6.07) is 49.7. The van der Waals surface area contributed by atoms with E-state index in [0.29, 0.717) is 73.3 Å². The van der Waals surface area contributed by atoms with E-state index in [9.17, 15) is 28.8 Å². The van der Waals surface area contributed by atoms with E-state index in [1.165, 1.54) is 23.5 Å². The molecular weight excluding hydrogens is 1060 g/mol. The molecule has 0 spiro atoms. The highest BCUT2D eigenvalue weighted by Gasteiger charge is 2.40. The summed E-state index contributed by atoms with van der Waals surface area (Å²) in [6.07, 6.45) is 2.38. The first-order valence-electron chi connectivity index (χ1n) is 27.8. The molecule has 2 aliphatic rings. The second-order valence-electron chi connectivity index (χ2n) is 20.5. The SMILES string of the molecule is CN[C@@H](C)C(=O)N[C@@H](CSCc1ccc(Oc2ccc(CSC[C@H](NC(=O)[C@H](C)NC)C(=O)N3CCC[C@H]3C(=O)NC(c3ccccc3)c3ccccc3)cc2)cc1)C(=O)N1CCC[C@H]1C(=O)NC(c1ccccc1)c1ccccc1. The highest BCUT2D eigenvalue weighted by atomic mass is 32.2. The van der Waals surface area contributed by atoms with Gasteiger partial charge in [-0.2, -0.15) is 23.5 Å². The lowest BCUT2D eigenvalue weighted by atomic mass is 9.98. The van der Waals surface area contributed by atoms with Crippen LogP contribution in [0.2, 0.25) is 0 Å². The number of hydrogen-bond donors (Lipinski definition) is 6. The Balaban J connectivity index is 0.839. The van der Waals surface area contributed by atoms with Crippen molar-refractivity contribution < 1.29 is 33.5 Å². The van der Waals surface area contributed by atoms with Crippen molar-refractivity contribution in [3.63, 3.8) is 0 Å². The van der Waals surface area contributed by atoms with Gasteiger partial charge < -0.3 is 46.4 Å². The fraction of sp³-hybridized carbons (Fsp3) is 0.344. The van der Waals surface area contributed by atoms with Crippen LogP contribution in [0.1, 0.15) is 85.0 Å². The Morgan fingerprint density at radius 3 is 1.10 bits per heavy atom. The Labute approximate surface area is 484 Å². The van der Waals surface area contributed by atoms with Crippen LogP contribution >= 0.6 is 23.5 Å². The van der Waals surface area contributed by atoms with Crippen molar-refractivity contribution in [2.75, 3.05) is 38.7 Å². The molecule has 0 bridgehead atoms. The fourth-order valence-electron chi connectivity index (χ4n) is 10.0. The van der Waals surface area contributed by atoms with Crippen LogP contribution in [0.15, 0.2) is 170 Å². The predicted molar refractivity (Wildman–Crippen MR) is 321 cm³/mol. The normalized spacial score (nSPS) is 16.5. The van der Waals surface area contributed by atoms with Crippen molar-refractivity contribution in [3.05, 3.63) is 203 Å². The molecule has 2 fully saturated rings. The van der Waals surface area contributed by atoms with Gasteiger partial charge in [0.2, 0.25) is 35.4 Å². The first-order chi connectivity index (χ1) is 39.4. The molecule has 0 aromatic heterocycles. The third-order valence-corrected chi connectivity index (χ3v) is 17.1. The van der Waals surface area contributed by atoms with Crippen molar-refractivity contribution >= 4 is 59.0 Å². The van der Waals surface area contributed by atoms with Crippen molar-refractivity contribution in [1.82, 2.24) is 41.7 Å². The fourth-order valence-corrected chi connectivity index (χ4v) is 12.0. The number of rotatable bonds is 26. The quantitative estimate of drug-likeness (QED) is 0.0310. The van der Waals surface area contributed by atoms with Crippen LogP contribution in [-0.4, -0.2) is 120 Å². The number of ether oxygens (including phenoxy) is 1. The van der Waals surface area contributed by atoms with E-state index in [1.54, 1.807) is 37.7 Å². The maximum Gasteiger partial charge on any atom is 0.246 e. The molecule has 6 aromatic rings. The van der Waals surface area contributed by atoms with Gasteiger partial charge in [-0.3, -0.25) is 28.8 Å². The van der Waals surface area contributed by atoms with Gasteiger partial charge in [0, 0.05) is 36.1 Å². The number of carbonyl (C=O) groups is 6. The van der Waals surface area contributed by atoms with E-state index in [4.69, 9.17) is 4.74 Å². The Kier molecular flexibility index (Phi) is 22.0. The zero-order valence-electron chi connectivity index (χ0n) is 46.4. The molecule has 6 amide bonds. The van der Waals surface area contributed by atoms with Gasteiger partial charge in [0.15, 0.2) is 0 Å². The molecule has 8 rings (SSSR count). The van der Waals surface area contributed by atoms with Crippen LogP contribution in [0.25, 0.3) is 0 Å². The van der Waals surface area contributed by atoms with Gasteiger partial charge in [-0.15, -0.1) is 0 Å². The zero-order chi connectivity index (χ0) is 57.1. The van der Waals surface area contributed by atoms with Crippen LogP contribution in [0.5, 0.6) is 11.5 Å². The lowest BCUT2D eigenvalue weighted by Gasteiger charge is -2.30. The average Bonchev–Trinajstić information content (AvgIpc) is 4.25. The number of nitrogens with zero attached hydrogens (tertiary/aromatic N) is 2. The molecule has 0 saturated carbocycles. The molecule has 2 heterocycles. The van der Waals surface area contributed by atoms with E-state index in [2.05, 4.69) is 31.9 Å². The Morgan fingerprint density at radius 2 is 0.790 bits per heavy atom. The summed E-state index contributed by atoms with van der Waals surface area (Å²) in [5, 5.41) is 18.3. The lowest BCUT2D eigenvalue weighted by Crippen LogP contribution is -2.56. The van der Waals surface area contributed by atoms with Gasteiger partial charge in [0.05, 0.1) is 24.2 Å². The van der Waals surface area contributed by atoms with Gasteiger partial charge in [-0.1, -0.05) is 146 Å². The molecule has 6 atom stereocenters. The van der Waals surface area contributed by atoms with Crippen LogP contribution < -0.4 is 36.6 Å². The standard InChI is InChI=1S/C64H74N8O7S2/c1-43(65-3)59(73)67-53(63(77)71-37-17-27-55(71)61(75)69-57(47-19-9-5-10-20-47)48-21-11-6-12-22-48)41-80-39-45-29-33-51(34-30-45)79-52-35-31-46(32-36-52)40-81-42-54(68-60(74)44(2)66-4)64(78)72-38-18-28-56(72)62(76)70-58(49-23-13-7-14-24-49)50-25-15-8-16-26-50/h5-16,19-26,29-36,43-44,53-58,65-66H,17-18,27-28,37-42H2,1-4H3,(H,67,73)(H,68,74)(H,69,75)(H,70,76)/t43-,44-,53-,54-,55-,56-/m0/s1. The number of likely N-dealkylation sites (tertiary alicyclic amines) is 2. The summed E-state index contributed by atoms with van der Waals surface area (Å²) in [7, 11) is 3.39. The van der Waals surface area contributed by atoms with Crippen molar-refractivity contribution in [3.8, 4) is 11.5 Å². The Morgan fingerprint density at radius 1 is 0.469 bits per heavy atom. The monoisotopic (exact) mass is 1130 g/mol. The number of likely N-dealkylation sites (N-methyl/N-ethyl adjacent to an activating group) is 2. The number of nitrogens with one attached hydrogen (secondary N) is 6. The summed E-state index contributed by atoms with van der Waals surface area (Å²) in [4.78, 5) is 86.7. The molecule has 424 valence electrons. The topological polar surface area (TPSA) is 190 Å². The molecule has 6 aromatic carbocycles. The minimum atomic E-state index is -0.853. The predicted octanol–water partition coefficient (Wildman–Crippen LogP) is 7.92. The second kappa shape index (κ2) is 29.9. The van der Waals surface area contributed by atoms with Crippen molar-refractivity contribution in [1.29, 1.82) is 0 Å². The number of benzene rings is 6. The number of carbonyl (C=O) groups excluding carboxylic acids is 6. The molecule has 2 aliphatic heterocycles. The van der Waals surface area contributed by atoms with Gasteiger partial charge in [-0.25, -0.2) is 0 Å². The first-order valence-corrected chi connectivity index (χ1v) is 30.1. The summed E-state index contributed by atoms with van der Waals surface area (Å²) in [5.41, 5.74) is 5.76. The molecule has 0 radical (unpaired) electrons. The van der Waals surface area contributed by atoms with E-state index in [1.807, 2.05) is 170 Å². The molecule has 81 heavy (non-hydrogen) atoms. The summed E-state index contributed by atoms with van der Waals surface area (Å²) in [6.45, 7) is 4.30. The molecule has 0 unspecified atom stereocenters. The molecule has 0 aliphatic carbocycles. The number of thioether (sulfide) groups is 2. The average molecular weight is 1130 g/mol. The third kappa shape index (κ3) is 16.4. The lowest BCUT2D eigenvalue weighted by molar-refractivity contribution is -0.141. The van der Waals surface area contributed by atoms with Crippen LogP contribution in [0.4, 0.5) is 0 Å². The highest BCUT2D eigenvalue weighted by Crippen LogP contribution is 2.29. The van der Waals surface area contributed by atoms with E-state index >= 15 is 0 Å². The molecule has 2 saturated heterocycles. The summed E-state index contributed by atoms with van der Waals surface area (Å²) < 4.78 is 6.22. The molecule has 15 nitrogen and oxygen atoms in total. The maximum absolute atomic E-state index is 14.4. The zero-order valence-corrected chi connectivity index (χ0v) is 48.1. The van der Waals surface area contributed by atoms with Gasteiger partial charge in [0.25, 0.3) is 0 Å². The number of amides is 6. The first kappa shape index (κ1) is 59.7. The number of hydrogen-bond acceptors (Lipinski definition) is 11. The largest absolute Gasteiger partial charge is 0.457 e. The molecular formula is C64H74N8O7S2. The van der Waals surface area contributed by atoms with Gasteiger partial charge in [0.1, 0.15) is 35.7 Å². The van der Waals surface area contributed by atoms with Crippen LogP contribution in [0, 0.1) is 0 Å². The molecule has 6 N–H and O–H groups in total. The highest BCUT2D eigenvalue weighted by molar-refractivity contribution is 7.98. The van der Waals surface area contributed by atoms with E-state index in [0.717, 1.165) is 33.4 Å².